The minimum atomic E-state index is 0.332. The average molecular weight is 235 g/mol. The van der Waals surface area contributed by atoms with E-state index in [-0.39, 0.29) is 0 Å². The second-order valence-corrected chi connectivity index (χ2v) is 4.07. The predicted octanol–water partition coefficient (Wildman–Crippen LogP) is 3.69. The summed E-state index contributed by atoms with van der Waals surface area (Å²) in [6.07, 6.45) is 2.84. The van der Waals surface area contributed by atoms with Gasteiger partial charge in [0.2, 0.25) is 0 Å². The van der Waals surface area contributed by atoms with Crippen LogP contribution in [0.25, 0.3) is 0 Å². The Morgan fingerprint density at radius 1 is 1.31 bits per heavy atom. The summed E-state index contributed by atoms with van der Waals surface area (Å²) in [6, 6.07) is 10.4. The van der Waals surface area contributed by atoms with Crippen LogP contribution >= 0.6 is 11.6 Å². The quantitative estimate of drug-likeness (QED) is 0.804. The first-order valence-electron chi connectivity index (χ1n) is 5.49. The van der Waals surface area contributed by atoms with Crippen molar-refractivity contribution in [3.8, 4) is 0 Å². The van der Waals surface area contributed by atoms with Crippen LogP contribution in [-0.4, -0.2) is 9.97 Å². The largest absolute Gasteiger partial charge is 0.344 e. The molecule has 0 bridgehead atoms. The summed E-state index contributed by atoms with van der Waals surface area (Å²) in [6.45, 7) is 2.17. The molecule has 0 aliphatic rings. The van der Waals surface area contributed by atoms with Crippen molar-refractivity contribution in [2.75, 3.05) is 0 Å². The smallest absolute Gasteiger partial charge is 0.113 e. The summed E-state index contributed by atoms with van der Waals surface area (Å²) in [5.41, 5.74) is 2.27. The van der Waals surface area contributed by atoms with Crippen LogP contribution in [-0.2, 0) is 5.88 Å². The molecule has 0 amide bonds. The van der Waals surface area contributed by atoms with E-state index in [1.165, 1.54) is 5.56 Å². The van der Waals surface area contributed by atoms with Gasteiger partial charge in [-0.3, -0.25) is 0 Å². The number of aromatic nitrogens is 2. The Balaban J connectivity index is 2.29. The first kappa shape index (κ1) is 11.2. The Hall–Kier alpha value is -1.28. The van der Waals surface area contributed by atoms with E-state index >= 15 is 0 Å². The van der Waals surface area contributed by atoms with Gasteiger partial charge in [-0.1, -0.05) is 37.3 Å². The van der Waals surface area contributed by atoms with E-state index in [1.807, 2.05) is 12.3 Å². The molecule has 0 radical (unpaired) electrons. The van der Waals surface area contributed by atoms with Crippen LogP contribution in [0.3, 0.4) is 0 Å². The van der Waals surface area contributed by atoms with Gasteiger partial charge in [0, 0.05) is 17.8 Å². The summed E-state index contributed by atoms with van der Waals surface area (Å²) in [5, 5.41) is 0. The van der Waals surface area contributed by atoms with Gasteiger partial charge < -0.3 is 4.98 Å². The third kappa shape index (κ3) is 2.27. The minimum absolute atomic E-state index is 0.332. The molecule has 0 fully saturated rings. The van der Waals surface area contributed by atoms with Crippen molar-refractivity contribution >= 4 is 11.6 Å². The topological polar surface area (TPSA) is 28.7 Å². The molecule has 0 saturated carbocycles. The maximum atomic E-state index is 5.76. The Bertz CT molecular complexity index is 436. The molecular formula is C13H15ClN2. The van der Waals surface area contributed by atoms with E-state index in [9.17, 15) is 0 Å². The van der Waals surface area contributed by atoms with Crippen molar-refractivity contribution in [2.45, 2.75) is 25.1 Å². The fourth-order valence-corrected chi connectivity index (χ4v) is 2.03. The van der Waals surface area contributed by atoms with Gasteiger partial charge in [-0.25, -0.2) is 4.98 Å². The monoisotopic (exact) mass is 234 g/mol. The highest BCUT2D eigenvalue weighted by Crippen LogP contribution is 2.25. The number of alkyl halides is 1. The number of halogens is 1. The fourth-order valence-electron chi connectivity index (χ4n) is 1.89. The predicted molar refractivity (Wildman–Crippen MR) is 66.7 cm³/mol. The molecule has 1 aromatic carbocycles. The van der Waals surface area contributed by atoms with Crippen LogP contribution in [0.15, 0.2) is 36.5 Å². The van der Waals surface area contributed by atoms with Crippen molar-refractivity contribution in [1.82, 2.24) is 9.97 Å². The molecule has 0 saturated heterocycles. The summed E-state index contributed by atoms with van der Waals surface area (Å²) in [4.78, 5) is 7.66. The van der Waals surface area contributed by atoms with E-state index in [4.69, 9.17) is 11.6 Å². The average Bonchev–Trinajstić information content (AvgIpc) is 2.80. The molecule has 1 N–H and O–H groups in total. The highest BCUT2D eigenvalue weighted by molar-refractivity contribution is 6.16. The minimum Gasteiger partial charge on any atom is -0.344 e. The lowest BCUT2D eigenvalue weighted by Gasteiger charge is -2.12. The van der Waals surface area contributed by atoms with Gasteiger partial charge in [0.1, 0.15) is 5.82 Å². The van der Waals surface area contributed by atoms with Crippen LogP contribution in [0.5, 0.6) is 0 Å². The molecule has 3 heteroatoms. The number of benzene rings is 1. The molecule has 0 aliphatic heterocycles. The van der Waals surface area contributed by atoms with E-state index in [1.54, 1.807) is 0 Å². The van der Waals surface area contributed by atoms with E-state index in [2.05, 4.69) is 41.2 Å². The summed E-state index contributed by atoms with van der Waals surface area (Å²) in [7, 11) is 0. The molecule has 1 aromatic heterocycles. The third-order valence-corrected chi connectivity index (χ3v) is 3.02. The molecule has 0 spiro atoms. The van der Waals surface area contributed by atoms with Crippen molar-refractivity contribution in [2.24, 2.45) is 0 Å². The van der Waals surface area contributed by atoms with Gasteiger partial charge in [-0.05, 0) is 12.0 Å². The third-order valence-electron chi connectivity index (χ3n) is 2.73. The normalized spacial score (nSPS) is 12.6. The number of hydrogen-bond acceptors (Lipinski definition) is 1. The SMILES string of the molecule is CCC(c1ccccc1)c1ncc(CCl)[nH]1. The maximum Gasteiger partial charge on any atom is 0.113 e. The summed E-state index contributed by atoms with van der Waals surface area (Å²) in [5.74, 6) is 1.82. The molecular weight excluding hydrogens is 220 g/mol. The van der Waals surface area contributed by atoms with Crippen molar-refractivity contribution < 1.29 is 0 Å². The van der Waals surface area contributed by atoms with Crippen molar-refractivity contribution in [3.63, 3.8) is 0 Å². The zero-order chi connectivity index (χ0) is 11.4. The van der Waals surface area contributed by atoms with Crippen LogP contribution in [0, 0.1) is 0 Å². The maximum absolute atomic E-state index is 5.76. The number of aromatic amines is 1. The number of hydrogen-bond donors (Lipinski definition) is 1. The second-order valence-electron chi connectivity index (χ2n) is 3.80. The van der Waals surface area contributed by atoms with Gasteiger partial charge in [-0.2, -0.15) is 0 Å². The van der Waals surface area contributed by atoms with Gasteiger partial charge in [0.15, 0.2) is 0 Å². The van der Waals surface area contributed by atoms with Crippen LogP contribution in [0.4, 0.5) is 0 Å². The van der Waals surface area contributed by atoms with Crippen molar-refractivity contribution in [3.05, 3.63) is 53.6 Å². The van der Waals surface area contributed by atoms with Gasteiger partial charge in [0.25, 0.3) is 0 Å². The highest BCUT2D eigenvalue weighted by Gasteiger charge is 2.14. The number of nitrogens with zero attached hydrogens (tertiary/aromatic N) is 1. The van der Waals surface area contributed by atoms with Crippen molar-refractivity contribution in [1.29, 1.82) is 0 Å². The molecule has 84 valence electrons. The van der Waals surface area contributed by atoms with Crippen LogP contribution < -0.4 is 0 Å². The van der Waals surface area contributed by atoms with Gasteiger partial charge in [0.05, 0.1) is 5.88 Å². The molecule has 16 heavy (non-hydrogen) atoms. The first-order chi connectivity index (χ1) is 7.85. The number of H-pyrrole nitrogens is 1. The molecule has 2 aromatic rings. The van der Waals surface area contributed by atoms with E-state index < -0.39 is 0 Å². The van der Waals surface area contributed by atoms with Crippen LogP contribution in [0.2, 0.25) is 0 Å². The molecule has 2 rings (SSSR count). The Kier molecular flexibility index (Phi) is 3.62. The molecule has 2 nitrogen and oxygen atoms in total. The number of rotatable bonds is 4. The molecule has 1 unspecified atom stereocenters. The lowest BCUT2D eigenvalue weighted by atomic mass is 9.96. The molecule has 0 aliphatic carbocycles. The zero-order valence-corrected chi connectivity index (χ0v) is 10.0. The Morgan fingerprint density at radius 2 is 2.06 bits per heavy atom. The van der Waals surface area contributed by atoms with E-state index in [0.29, 0.717) is 11.8 Å². The second kappa shape index (κ2) is 5.17. The lowest BCUT2D eigenvalue weighted by molar-refractivity contribution is 0.727. The lowest BCUT2D eigenvalue weighted by Crippen LogP contribution is -2.01. The summed E-state index contributed by atoms with van der Waals surface area (Å²) < 4.78 is 0. The molecule has 1 atom stereocenters. The Labute approximate surface area is 101 Å². The van der Waals surface area contributed by atoms with Gasteiger partial charge >= 0.3 is 0 Å². The summed E-state index contributed by atoms with van der Waals surface area (Å²) >= 11 is 5.76. The first-order valence-corrected chi connectivity index (χ1v) is 6.03. The molecule has 1 heterocycles. The Morgan fingerprint density at radius 3 is 2.62 bits per heavy atom. The zero-order valence-electron chi connectivity index (χ0n) is 9.28. The number of nitrogens with one attached hydrogen (secondary N) is 1. The number of imidazole rings is 1. The fraction of sp³-hybridized carbons (Fsp3) is 0.308. The van der Waals surface area contributed by atoms with Crippen LogP contribution in [0.1, 0.15) is 36.3 Å². The van der Waals surface area contributed by atoms with E-state index in [0.717, 1.165) is 17.9 Å². The highest BCUT2D eigenvalue weighted by atomic mass is 35.5. The van der Waals surface area contributed by atoms with Gasteiger partial charge in [-0.15, -0.1) is 11.6 Å². The standard InChI is InChI=1S/C13H15ClN2/c1-2-12(10-6-4-3-5-7-10)13-15-9-11(8-14)16-13/h3-7,9,12H,2,8H2,1H3,(H,15,16).